The van der Waals surface area contributed by atoms with Gasteiger partial charge in [-0.3, -0.25) is 4.21 Å². The fourth-order valence-electron chi connectivity index (χ4n) is 1.21. The highest BCUT2D eigenvalue weighted by molar-refractivity contribution is 7.84. The molecule has 1 atom stereocenters. The van der Waals surface area contributed by atoms with Crippen LogP contribution in [0, 0.1) is 0 Å². The highest BCUT2D eigenvalue weighted by Gasteiger charge is 2.16. The van der Waals surface area contributed by atoms with E-state index in [1.54, 1.807) is 12.3 Å². The van der Waals surface area contributed by atoms with Crippen LogP contribution in [-0.4, -0.2) is 15.6 Å². The van der Waals surface area contributed by atoms with Gasteiger partial charge in [-0.25, -0.2) is 0 Å². The highest BCUT2D eigenvalue weighted by atomic mass is 32.2. The number of aromatic hydroxyl groups is 1. The van der Waals surface area contributed by atoms with Gasteiger partial charge >= 0.3 is 0 Å². The Bertz CT molecular complexity index is 364. The second-order valence-corrected chi connectivity index (χ2v) is 5.73. The summed E-state index contributed by atoms with van der Waals surface area (Å²) < 4.78 is 11.3. The van der Waals surface area contributed by atoms with Gasteiger partial charge in [0, 0.05) is 6.26 Å². The first-order valence-corrected chi connectivity index (χ1v) is 6.05. The van der Waals surface area contributed by atoms with E-state index in [2.05, 4.69) is 20.8 Å². The Morgan fingerprint density at radius 2 is 1.86 bits per heavy atom. The maximum atomic E-state index is 11.3. The minimum absolute atomic E-state index is 0.0157. The molecule has 1 unspecified atom stereocenters. The molecule has 3 heteroatoms. The predicted octanol–water partition coefficient (Wildman–Crippen LogP) is 2.43. The van der Waals surface area contributed by atoms with Crippen LogP contribution in [0.4, 0.5) is 0 Å². The van der Waals surface area contributed by atoms with Gasteiger partial charge in [-0.2, -0.15) is 0 Å². The number of hydrogen-bond donors (Lipinski definition) is 1. The lowest BCUT2D eigenvalue weighted by Crippen LogP contribution is -2.11. The summed E-state index contributed by atoms with van der Waals surface area (Å²) in [5.74, 6) is 0.110. The van der Waals surface area contributed by atoms with Crippen molar-refractivity contribution in [2.24, 2.45) is 0 Å². The number of rotatable bonds is 1. The van der Waals surface area contributed by atoms with Crippen LogP contribution in [0.1, 0.15) is 26.3 Å². The van der Waals surface area contributed by atoms with Crippen molar-refractivity contribution in [1.82, 2.24) is 0 Å². The molecule has 0 aromatic heterocycles. The van der Waals surface area contributed by atoms with E-state index in [4.69, 9.17) is 0 Å². The maximum absolute atomic E-state index is 11.3. The summed E-state index contributed by atoms with van der Waals surface area (Å²) in [6, 6.07) is 5.29. The molecule has 0 aliphatic heterocycles. The zero-order valence-corrected chi connectivity index (χ0v) is 9.81. The summed E-state index contributed by atoms with van der Waals surface area (Å²) in [7, 11) is -1.14. The van der Waals surface area contributed by atoms with Gasteiger partial charge < -0.3 is 5.11 Å². The number of phenols is 1. The fraction of sp³-hybridized carbons (Fsp3) is 0.455. The van der Waals surface area contributed by atoms with E-state index in [1.807, 2.05) is 12.1 Å². The van der Waals surface area contributed by atoms with Crippen LogP contribution in [-0.2, 0) is 16.2 Å². The molecule has 0 spiro atoms. The molecule has 0 aliphatic carbocycles. The van der Waals surface area contributed by atoms with Crippen LogP contribution in [0.15, 0.2) is 23.1 Å². The third kappa shape index (κ3) is 2.35. The van der Waals surface area contributed by atoms with Gasteiger partial charge in [-0.05, 0) is 23.1 Å². The lowest BCUT2D eigenvalue weighted by atomic mass is 9.87. The van der Waals surface area contributed by atoms with Crippen LogP contribution >= 0.6 is 0 Å². The van der Waals surface area contributed by atoms with Gasteiger partial charge in [0.2, 0.25) is 0 Å². The summed E-state index contributed by atoms with van der Waals surface area (Å²) in [5.41, 5.74) is 1.10. The SMILES string of the molecule is CS(=O)c1cc(C(C)(C)C)ccc1O. The molecule has 0 heterocycles. The number of benzene rings is 1. The molecule has 0 radical (unpaired) electrons. The molecule has 1 aromatic rings. The van der Waals surface area contributed by atoms with Gasteiger partial charge in [-0.15, -0.1) is 0 Å². The van der Waals surface area contributed by atoms with Crippen molar-refractivity contribution in [2.75, 3.05) is 6.26 Å². The van der Waals surface area contributed by atoms with E-state index in [0.29, 0.717) is 4.90 Å². The highest BCUT2D eigenvalue weighted by Crippen LogP contribution is 2.28. The van der Waals surface area contributed by atoms with Crippen LogP contribution < -0.4 is 0 Å². The predicted molar refractivity (Wildman–Crippen MR) is 59.1 cm³/mol. The van der Waals surface area contributed by atoms with Gasteiger partial charge in [0.05, 0.1) is 15.7 Å². The Hall–Kier alpha value is -0.830. The number of hydrogen-bond acceptors (Lipinski definition) is 2. The minimum Gasteiger partial charge on any atom is -0.507 e. The van der Waals surface area contributed by atoms with E-state index >= 15 is 0 Å². The fourth-order valence-corrected chi connectivity index (χ4v) is 1.87. The Morgan fingerprint density at radius 3 is 2.29 bits per heavy atom. The molecule has 0 fully saturated rings. The van der Waals surface area contributed by atoms with Crippen molar-refractivity contribution in [3.8, 4) is 5.75 Å². The first-order chi connectivity index (χ1) is 6.32. The van der Waals surface area contributed by atoms with Crippen molar-refractivity contribution >= 4 is 10.8 Å². The Labute approximate surface area is 87.4 Å². The van der Waals surface area contributed by atoms with Crippen LogP contribution in [0.2, 0.25) is 0 Å². The van der Waals surface area contributed by atoms with Crippen molar-refractivity contribution in [3.05, 3.63) is 23.8 Å². The summed E-state index contributed by atoms with van der Waals surface area (Å²) in [6.45, 7) is 6.26. The van der Waals surface area contributed by atoms with Crippen LogP contribution in [0.25, 0.3) is 0 Å². The molecule has 78 valence electrons. The quantitative estimate of drug-likeness (QED) is 0.776. The van der Waals surface area contributed by atoms with Crippen molar-refractivity contribution in [2.45, 2.75) is 31.1 Å². The van der Waals surface area contributed by atoms with Gasteiger partial charge in [-0.1, -0.05) is 26.8 Å². The Kier molecular flexibility index (Phi) is 3.00. The Morgan fingerprint density at radius 1 is 1.29 bits per heavy atom. The first kappa shape index (κ1) is 11.2. The molecule has 1 rings (SSSR count). The van der Waals surface area contributed by atoms with E-state index in [-0.39, 0.29) is 11.2 Å². The topological polar surface area (TPSA) is 37.3 Å². The van der Waals surface area contributed by atoms with Crippen molar-refractivity contribution in [3.63, 3.8) is 0 Å². The molecule has 1 N–H and O–H groups in total. The Balaban J connectivity index is 3.27. The zero-order valence-electron chi connectivity index (χ0n) is 9.00. The summed E-state index contributed by atoms with van der Waals surface area (Å²) >= 11 is 0. The molecule has 14 heavy (non-hydrogen) atoms. The maximum Gasteiger partial charge on any atom is 0.131 e. The third-order valence-corrected chi connectivity index (χ3v) is 3.08. The average molecular weight is 212 g/mol. The van der Waals surface area contributed by atoms with Crippen LogP contribution in [0.5, 0.6) is 5.75 Å². The van der Waals surface area contributed by atoms with E-state index in [9.17, 15) is 9.32 Å². The van der Waals surface area contributed by atoms with Crippen LogP contribution in [0.3, 0.4) is 0 Å². The summed E-state index contributed by atoms with van der Waals surface area (Å²) in [6.07, 6.45) is 1.57. The number of phenolic OH excluding ortho intramolecular Hbond substituents is 1. The standard InChI is InChI=1S/C11H16O2S/c1-11(2,3)8-5-6-9(12)10(7-8)14(4)13/h5-7,12H,1-4H3. The molecule has 0 saturated heterocycles. The summed E-state index contributed by atoms with van der Waals surface area (Å²) in [4.78, 5) is 0.512. The second kappa shape index (κ2) is 3.73. The monoisotopic (exact) mass is 212 g/mol. The van der Waals surface area contributed by atoms with Crippen molar-refractivity contribution < 1.29 is 9.32 Å². The van der Waals surface area contributed by atoms with Gasteiger partial charge in [0.25, 0.3) is 0 Å². The minimum atomic E-state index is -1.14. The van der Waals surface area contributed by atoms with E-state index in [1.165, 1.54) is 0 Å². The molecule has 0 saturated carbocycles. The lowest BCUT2D eigenvalue weighted by Gasteiger charge is -2.19. The first-order valence-electron chi connectivity index (χ1n) is 4.49. The average Bonchev–Trinajstić information content (AvgIpc) is 2.02. The van der Waals surface area contributed by atoms with E-state index < -0.39 is 10.8 Å². The summed E-state index contributed by atoms with van der Waals surface area (Å²) in [5, 5.41) is 9.48. The second-order valence-electron chi connectivity index (χ2n) is 4.39. The molecule has 2 nitrogen and oxygen atoms in total. The lowest BCUT2D eigenvalue weighted by molar-refractivity contribution is 0.459. The molecule has 0 aliphatic rings. The third-order valence-electron chi connectivity index (χ3n) is 2.14. The molecule has 0 bridgehead atoms. The van der Waals surface area contributed by atoms with Crippen molar-refractivity contribution in [1.29, 1.82) is 0 Å². The molecular weight excluding hydrogens is 196 g/mol. The molecular formula is C11H16O2S. The molecule has 0 amide bonds. The largest absolute Gasteiger partial charge is 0.507 e. The zero-order chi connectivity index (χ0) is 10.9. The van der Waals surface area contributed by atoms with Gasteiger partial charge in [0.15, 0.2) is 0 Å². The van der Waals surface area contributed by atoms with E-state index in [0.717, 1.165) is 5.56 Å². The molecule has 1 aromatic carbocycles. The normalized spacial score (nSPS) is 14.0. The smallest absolute Gasteiger partial charge is 0.131 e. The van der Waals surface area contributed by atoms with Gasteiger partial charge in [0.1, 0.15) is 5.75 Å².